The Morgan fingerprint density at radius 2 is 1.92 bits per heavy atom. The van der Waals surface area contributed by atoms with Crippen LogP contribution in [-0.4, -0.2) is 72.5 Å². The summed E-state index contributed by atoms with van der Waals surface area (Å²) in [5.41, 5.74) is 6.40. The number of amides is 1. The normalized spacial score (nSPS) is 16.5. The number of aromatic amines is 2. The lowest BCUT2D eigenvalue weighted by atomic mass is 9.98. The summed E-state index contributed by atoms with van der Waals surface area (Å²) in [6, 6.07) is 7.00. The summed E-state index contributed by atoms with van der Waals surface area (Å²) in [5, 5.41) is 22.1. The molecule has 1 atom stereocenters. The maximum absolute atomic E-state index is 13.3. The summed E-state index contributed by atoms with van der Waals surface area (Å²) in [6.45, 7) is 1.01. The van der Waals surface area contributed by atoms with Gasteiger partial charge >= 0.3 is 0 Å². The van der Waals surface area contributed by atoms with E-state index in [9.17, 15) is 21.6 Å². The number of carbonyl (C=O) groups excluding carboxylic acids is 1. The summed E-state index contributed by atoms with van der Waals surface area (Å²) in [7, 11) is -9.00. The first kappa shape index (κ1) is 23.9. The quantitative estimate of drug-likeness (QED) is 0.166. The van der Waals surface area contributed by atoms with Gasteiger partial charge in [0.25, 0.3) is 5.91 Å². The predicted molar refractivity (Wildman–Crippen MR) is 126 cm³/mol. The molecule has 2 aromatic carbocycles. The molecule has 0 bridgehead atoms. The van der Waals surface area contributed by atoms with Crippen molar-refractivity contribution in [3.05, 3.63) is 36.2 Å². The number of primary sulfonamides is 1. The number of fused-ring (bicyclic) bond motifs is 1. The van der Waals surface area contributed by atoms with Crippen molar-refractivity contribution in [1.82, 2.24) is 40.6 Å². The molecule has 0 radical (unpaired) electrons. The van der Waals surface area contributed by atoms with Crippen molar-refractivity contribution in [3.63, 3.8) is 0 Å². The topological polar surface area (TPSA) is 245 Å². The number of nitrogens with one attached hydrogen (secondary N) is 4. The van der Waals surface area contributed by atoms with Crippen LogP contribution >= 0.6 is 0 Å². The number of nitrogens with two attached hydrogens (primary N) is 2. The number of rotatable bonds is 7. The molecule has 1 fully saturated rings. The highest BCUT2D eigenvalue weighted by Crippen LogP contribution is 2.40. The van der Waals surface area contributed by atoms with Gasteiger partial charge in [-0.1, -0.05) is 18.2 Å². The van der Waals surface area contributed by atoms with E-state index in [-0.39, 0.29) is 28.3 Å². The standard InChI is InChI=1S/C19H20N10O5S2/c20-17(30)19-23-12-3-1-2-11(15(12)24-19)10-4-5-13(36(33,34)27-9-6-7-22-8-9)16(35(21,31)32)14(10)18-25-28-29-26-18/h1-5,9,22,27H,6-8H2,(H2,20,30)(H,23,24)(H2,21,31,32)(H,25,26,28,29)/t9-/m0/s1. The van der Waals surface area contributed by atoms with E-state index in [1.165, 1.54) is 6.07 Å². The number of hydrogen-bond acceptors (Lipinski definition) is 10. The van der Waals surface area contributed by atoms with Crippen molar-refractivity contribution in [1.29, 1.82) is 0 Å². The van der Waals surface area contributed by atoms with E-state index in [1.54, 1.807) is 18.2 Å². The van der Waals surface area contributed by atoms with Gasteiger partial charge in [0.15, 0.2) is 5.82 Å². The van der Waals surface area contributed by atoms with Crippen LogP contribution in [0.5, 0.6) is 0 Å². The first-order chi connectivity index (χ1) is 17.1. The molecule has 3 heterocycles. The molecule has 15 nitrogen and oxygen atoms in total. The second kappa shape index (κ2) is 8.71. The molecule has 0 saturated carbocycles. The Labute approximate surface area is 204 Å². The van der Waals surface area contributed by atoms with Gasteiger partial charge in [-0.3, -0.25) is 4.79 Å². The molecule has 1 aliphatic heterocycles. The van der Waals surface area contributed by atoms with Crippen molar-refractivity contribution >= 4 is 37.0 Å². The van der Waals surface area contributed by atoms with E-state index in [4.69, 9.17) is 10.9 Å². The second-order valence-corrected chi connectivity index (χ2v) is 11.2. The number of para-hydroxylation sites is 1. The number of primary amides is 1. The number of carbonyl (C=O) groups is 1. The van der Waals surface area contributed by atoms with Gasteiger partial charge in [0.1, 0.15) is 9.79 Å². The van der Waals surface area contributed by atoms with Gasteiger partial charge in [-0.05, 0) is 35.9 Å². The molecule has 1 amide bonds. The zero-order valence-electron chi connectivity index (χ0n) is 18.4. The lowest BCUT2D eigenvalue weighted by Crippen LogP contribution is -2.37. The molecule has 5 rings (SSSR count). The minimum absolute atomic E-state index is 0.112. The summed E-state index contributed by atoms with van der Waals surface area (Å²) in [5.74, 6) is -1.12. The van der Waals surface area contributed by atoms with E-state index in [0.717, 1.165) is 6.07 Å². The number of aromatic nitrogens is 6. The second-order valence-electron chi connectivity index (χ2n) is 8.06. The van der Waals surface area contributed by atoms with Crippen LogP contribution in [-0.2, 0) is 20.0 Å². The highest BCUT2D eigenvalue weighted by atomic mass is 32.2. The number of benzene rings is 2. The Balaban J connectivity index is 1.82. The van der Waals surface area contributed by atoms with Gasteiger partial charge in [-0.15, -0.1) is 10.2 Å². The Morgan fingerprint density at radius 3 is 2.56 bits per heavy atom. The average molecular weight is 533 g/mol. The van der Waals surface area contributed by atoms with Crippen molar-refractivity contribution in [2.45, 2.75) is 22.3 Å². The van der Waals surface area contributed by atoms with Crippen molar-refractivity contribution in [2.75, 3.05) is 13.1 Å². The molecule has 36 heavy (non-hydrogen) atoms. The molecule has 2 aromatic heterocycles. The summed E-state index contributed by atoms with van der Waals surface area (Å²) in [4.78, 5) is 17.4. The van der Waals surface area contributed by atoms with Crippen molar-refractivity contribution in [2.24, 2.45) is 10.9 Å². The summed E-state index contributed by atoms with van der Waals surface area (Å²) < 4.78 is 55.0. The van der Waals surface area contributed by atoms with Crippen molar-refractivity contribution < 1.29 is 21.6 Å². The Hall–Kier alpha value is -3.77. The minimum atomic E-state index is -4.66. The molecule has 188 valence electrons. The van der Waals surface area contributed by atoms with Crippen molar-refractivity contribution in [3.8, 4) is 22.5 Å². The van der Waals surface area contributed by atoms with Crippen LogP contribution in [0.25, 0.3) is 33.5 Å². The maximum Gasteiger partial charge on any atom is 0.284 e. The fraction of sp³-hybridized carbons (Fsp3) is 0.211. The molecule has 0 spiro atoms. The number of sulfonamides is 2. The smallest absolute Gasteiger partial charge is 0.284 e. The number of nitrogens with zero attached hydrogens (tertiary/aromatic N) is 4. The van der Waals surface area contributed by atoms with Gasteiger partial charge in [-0.25, -0.2) is 31.7 Å². The van der Waals surface area contributed by atoms with Crippen LogP contribution < -0.4 is 20.9 Å². The fourth-order valence-electron chi connectivity index (χ4n) is 4.18. The van der Waals surface area contributed by atoms with Crippen LogP contribution in [0.3, 0.4) is 0 Å². The van der Waals surface area contributed by atoms with Gasteiger partial charge in [-0.2, -0.15) is 5.21 Å². The Kier molecular flexibility index (Phi) is 5.80. The monoisotopic (exact) mass is 532 g/mol. The van der Waals surface area contributed by atoms with E-state index >= 15 is 0 Å². The number of imidazole rings is 1. The number of hydrogen-bond donors (Lipinski definition) is 6. The SMILES string of the molecule is NC(=O)c1nc2c(-c3ccc(S(=O)(=O)N[C@H]4CCNC4)c(S(N)(=O)=O)c3-c3nn[nH]n3)cccc2[nH]1. The van der Waals surface area contributed by atoms with Crippen LogP contribution in [0.2, 0.25) is 0 Å². The Bertz CT molecular complexity index is 1690. The molecule has 4 aromatic rings. The van der Waals surface area contributed by atoms with Gasteiger partial charge in [0.2, 0.25) is 25.9 Å². The van der Waals surface area contributed by atoms with Gasteiger partial charge < -0.3 is 16.0 Å². The molecule has 0 unspecified atom stereocenters. The largest absolute Gasteiger partial charge is 0.363 e. The van der Waals surface area contributed by atoms with E-state index in [1.807, 2.05) is 0 Å². The van der Waals surface area contributed by atoms with E-state index in [2.05, 4.69) is 40.6 Å². The number of tetrazole rings is 1. The van der Waals surface area contributed by atoms with Crippen LogP contribution in [0.1, 0.15) is 17.0 Å². The molecule has 1 aliphatic rings. The molecular formula is C19H20N10O5S2. The first-order valence-corrected chi connectivity index (χ1v) is 13.5. The Morgan fingerprint density at radius 1 is 1.11 bits per heavy atom. The molecule has 8 N–H and O–H groups in total. The molecular weight excluding hydrogens is 512 g/mol. The first-order valence-electron chi connectivity index (χ1n) is 10.5. The van der Waals surface area contributed by atoms with Gasteiger partial charge in [0.05, 0.1) is 16.6 Å². The predicted octanol–water partition coefficient (Wildman–Crippen LogP) is -1.20. The highest BCUT2D eigenvalue weighted by molar-refractivity contribution is 7.92. The lowest BCUT2D eigenvalue weighted by Gasteiger charge is -2.18. The molecule has 0 aliphatic carbocycles. The minimum Gasteiger partial charge on any atom is -0.363 e. The zero-order chi connectivity index (χ0) is 25.7. The zero-order valence-corrected chi connectivity index (χ0v) is 20.0. The molecule has 17 heteroatoms. The number of H-pyrrole nitrogens is 2. The molecule has 1 saturated heterocycles. The highest BCUT2D eigenvalue weighted by Gasteiger charge is 2.34. The van der Waals surface area contributed by atoms with Crippen LogP contribution in [0.15, 0.2) is 40.1 Å². The summed E-state index contributed by atoms with van der Waals surface area (Å²) >= 11 is 0. The third-order valence-electron chi connectivity index (χ3n) is 5.68. The van der Waals surface area contributed by atoms with Crippen LogP contribution in [0.4, 0.5) is 0 Å². The fourth-order valence-corrected chi connectivity index (χ4v) is 7.05. The third-order valence-corrected chi connectivity index (χ3v) is 8.37. The van der Waals surface area contributed by atoms with Crippen LogP contribution in [0, 0.1) is 0 Å². The van der Waals surface area contributed by atoms with E-state index < -0.39 is 41.8 Å². The van der Waals surface area contributed by atoms with Gasteiger partial charge in [0, 0.05) is 18.2 Å². The van der Waals surface area contributed by atoms with E-state index in [0.29, 0.717) is 30.6 Å². The average Bonchev–Trinajstić information content (AvgIpc) is 3.58. The third kappa shape index (κ3) is 4.22. The summed E-state index contributed by atoms with van der Waals surface area (Å²) in [6.07, 6.45) is 0.531. The maximum atomic E-state index is 13.3. The lowest BCUT2D eigenvalue weighted by molar-refractivity contribution is 0.0991.